The molecule has 1 rings (SSSR count). The molecule has 0 spiro atoms. The van der Waals surface area contributed by atoms with E-state index in [0.29, 0.717) is 0 Å². The van der Waals surface area contributed by atoms with Crippen LogP contribution >= 0.6 is 23.2 Å². The Morgan fingerprint density at radius 1 is 1.00 bits per heavy atom. The Morgan fingerprint density at radius 2 is 1.36 bits per heavy atom. The lowest BCUT2D eigenvalue weighted by Gasteiger charge is -1.90. The molecule has 0 heterocycles. The molecular weight excluding hydrogens is 227 g/mol. The van der Waals surface area contributed by atoms with Crippen LogP contribution in [-0.2, 0) is 9.59 Å². The van der Waals surface area contributed by atoms with E-state index in [4.69, 9.17) is 33.7 Å². The van der Waals surface area contributed by atoms with Crippen molar-refractivity contribution in [1.29, 1.82) is 10.5 Å². The summed E-state index contributed by atoms with van der Waals surface area (Å²) in [5.74, 6) is -1.75. The summed E-state index contributed by atoms with van der Waals surface area (Å²) < 4.78 is 0. The maximum absolute atomic E-state index is 11.2. The standard InChI is InChI=1S/C8Cl2N2O2/c9-5-6(10)8(14)4(7(5)13)3(1-11)2-12. The van der Waals surface area contributed by atoms with Gasteiger partial charge in [-0.2, -0.15) is 10.5 Å². The summed E-state index contributed by atoms with van der Waals surface area (Å²) in [5.41, 5.74) is -1.13. The van der Waals surface area contributed by atoms with E-state index in [1.807, 2.05) is 0 Å². The Labute approximate surface area is 88.6 Å². The number of hydrogen-bond acceptors (Lipinski definition) is 4. The summed E-state index contributed by atoms with van der Waals surface area (Å²) >= 11 is 10.8. The van der Waals surface area contributed by atoms with Gasteiger partial charge in [0.05, 0.1) is 0 Å². The fourth-order valence-electron chi connectivity index (χ4n) is 0.886. The number of rotatable bonds is 0. The van der Waals surface area contributed by atoms with Crippen molar-refractivity contribution in [3.63, 3.8) is 0 Å². The Kier molecular flexibility index (Phi) is 2.71. The van der Waals surface area contributed by atoms with Crippen LogP contribution in [0.4, 0.5) is 0 Å². The van der Waals surface area contributed by atoms with Gasteiger partial charge in [-0.25, -0.2) is 0 Å². The summed E-state index contributed by atoms with van der Waals surface area (Å²) in [5, 5.41) is 16.0. The van der Waals surface area contributed by atoms with Gasteiger partial charge in [0.15, 0.2) is 0 Å². The van der Waals surface area contributed by atoms with Gasteiger partial charge in [0.25, 0.3) is 0 Å². The summed E-state index contributed by atoms with van der Waals surface area (Å²) in [6.45, 7) is 0. The van der Waals surface area contributed by atoms with Gasteiger partial charge in [0.1, 0.15) is 33.3 Å². The third-order valence-electron chi connectivity index (χ3n) is 1.52. The van der Waals surface area contributed by atoms with Crippen molar-refractivity contribution in [3.8, 4) is 12.1 Å². The van der Waals surface area contributed by atoms with Crippen LogP contribution in [0.2, 0.25) is 0 Å². The normalized spacial score (nSPS) is 15.6. The number of ketones is 2. The van der Waals surface area contributed by atoms with Crippen molar-refractivity contribution >= 4 is 34.8 Å². The largest absolute Gasteiger partial charge is 0.287 e. The molecule has 0 radical (unpaired) electrons. The van der Waals surface area contributed by atoms with E-state index in [9.17, 15) is 9.59 Å². The van der Waals surface area contributed by atoms with Crippen LogP contribution in [0.25, 0.3) is 0 Å². The van der Waals surface area contributed by atoms with Crippen LogP contribution in [0.5, 0.6) is 0 Å². The number of halogens is 2. The van der Waals surface area contributed by atoms with Crippen LogP contribution in [-0.4, -0.2) is 11.6 Å². The fraction of sp³-hybridized carbons (Fsp3) is 0. The Hall–Kier alpha value is -1.62. The predicted molar refractivity (Wildman–Crippen MR) is 47.0 cm³/mol. The highest BCUT2D eigenvalue weighted by molar-refractivity contribution is 6.64. The van der Waals surface area contributed by atoms with Gasteiger partial charge in [-0.3, -0.25) is 9.59 Å². The quantitative estimate of drug-likeness (QED) is 0.353. The molecule has 0 saturated carbocycles. The lowest BCUT2D eigenvalue weighted by atomic mass is 10.1. The van der Waals surface area contributed by atoms with Crippen molar-refractivity contribution < 1.29 is 9.59 Å². The SMILES string of the molecule is N#CC(C#N)=C1C(=O)C(Cl)=C(Cl)C1=O. The molecule has 14 heavy (non-hydrogen) atoms. The van der Waals surface area contributed by atoms with E-state index in [2.05, 4.69) is 0 Å². The van der Waals surface area contributed by atoms with Crippen molar-refractivity contribution in [2.45, 2.75) is 0 Å². The van der Waals surface area contributed by atoms with Crippen LogP contribution in [0, 0.1) is 22.7 Å². The first kappa shape index (κ1) is 10.5. The molecule has 0 fully saturated rings. The van der Waals surface area contributed by atoms with Crippen molar-refractivity contribution in [3.05, 3.63) is 21.2 Å². The van der Waals surface area contributed by atoms with E-state index in [0.717, 1.165) is 0 Å². The minimum atomic E-state index is -0.875. The number of Topliss-reactive ketones (excluding diaryl/α,β-unsaturated/α-hetero) is 2. The summed E-state index contributed by atoms with van der Waals surface area (Å²) in [6, 6.07) is 2.86. The molecule has 0 aliphatic heterocycles. The molecule has 4 nitrogen and oxygen atoms in total. The molecular formula is C8Cl2N2O2. The minimum Gasteiger partial charge on any atom is -0.287 e. The van der Waals surface area contributed by atoms with Crippen LogP contribution in [0.3, 0.4) is 0 Å². The topological polar surface area (TPSA) is 81.7 Å². The minimum absolute atomic E-state index is 0.449. The Morgan fingerprint density at radius 3 is 1.64 bits per heavy atom. The third kappa shape index (κ3) is 1.31. The zero-order chi connectivity index (χ0) is 10.9. The van der Waals surface area contributed by atoms with E-state index >= 15 is 0 Å². The number of carbonyl (C=O) groups is 2. The summed E-state index contributed by atoms with van der Waals surface area (Å²) in [7, 11) is 0. The second-order valence-corrected chi connectivity index (χ2v) is 3.02. The number of carbonyl (C=O) groups excluding carboxylic acids is 2. The number of allylic oxidation sites excluding steroid dienone is 4. The van der Waals surface area contributed by atoms with Crippen molar-refractivity contribution in [2.75, 3.05) is 0 Å². The maximum atomic E-state index is 11.2. The highest BCUT2D eigenvalue weighted by Gasteiger charge is 2.36. The number of nitrogens with zero attached hydrogens (tertiary/aromatic N) is 2. The fourth-order valence-corrected chi connectivity index (χ4v) is 1.25. The molecule has 0 N–H and O–H groups in total. The number of nitriles is 2. The van der Waals surface area contributed by atoms with Gasteiger partial charge in [-0.1, -0.05) is 23.2 Å². The second kappa shape index (κ2) is 3.63. The van der Waals surface area contributed by atoms with E-state index in [1.54, 1.807) is 0 Å². The van der Waals surface area contributed by atoms with Gasteiger partial charge in [0, 0.05) is 0 Å². The monoisotopic (exact) mass is 226 g/mol. The molecule has 0 bridgehead atoms. The first-order valence-corrected chi connectivity index (χ1v) is 3.99. The number of hydrogen-bond donors (Lipinski definition) is 0. The van der Waals surface area contributed by atoms with E-state index in [-0.39, 0.29) is 0 Å². The van der Waals surface area contributed by atoms with Gasteiger partial charge in [0.2, 0.25) is 11.6 Å². The van der Waals surface area contributed by atoms with Gasteiger partial charge < -0.3 is 0 Å². The second-order valence-electron chi connectivity index (χ2n) is 2.26. The lowest BCUT2D eigenvalue weighted by molar-refractivity contribution is -0.115. The average molecular weight is 227 g/mol. The third-order valence-corrected chi connectivity index (χ3v) is 2.34. The van der Waals surface area contributed by atoms with Crippen molar-refractivity contribution in [1.82, 2.24) is 0 Å². The molecule has 0 amide bonds. The molecule has 0 saturated heterocycles. The van der Waals surface area contributed by atoms with E-state index in [1.165, 1.54) is 12.1 Å². The summed E-state index contributed by atoms with van der Waals surface area (Å²) in [4.78, 5) is 22.5. The molecule has 0 unspecified atom stereocenters. The zero-order valence-corrected chi connectivity index (χ0v) is 7.98. The molecule has 68 valence electrons. The molecule has 0 atom stereocenters. The predicted octanol–water partition coefficient (Wildman–Crippen LogP) is 1.17. The Bertz CT molecular complexity index is 446. The van der Waals surface area contributed by atoms with Gasteiger partial charge >= 0.3 is 0 Å². The van der Waals surface area contributed by atoms with E-state index < -0.39 is 32.8 Å². The Balaban J connectivity index is 3.46. The maximum Gasteiger partial charge on any atom is 0.212 e. The van der Waals surface area contributed by atoms with Crippen LogP contribution < -0.4 is 0 Å². The molecule has 1 aliphatic carbocycles. The highest BCUT2D eigenvalue weighted by atomic mass is 35.5. The van der Waals surface area contributed by atoms with Gasteiger partial charge in [-0.05, 0) is 0 Å². The first-order valence-electron chi connectivity index (χ1n) is 3.23. The van der Waals surface area contributed by atoms with Gasteiger partial charge in [-0.15, -0.1) is 0 Å². The molecule has 0 aromatic rings. The summed E-state index contributed by atoms with van der Waals surface area (Å²) in [6.07, 6.45) is 0. The van der Waals surface area contributed by atoms with Crippen LogP contribution in [0.1, 0.15) is 0 Å². The lowest BCUT2D eigenvalue weighted by Crippen LogP contribution is -2.06. The zero-order valence-electron chi connectivity index (χ0n) is 6.47. The average Bonchev–Trinajstić information content (AvgIpc) is 2.37. The highest BCUT2D eigenvalue weighted by Crippen LogP contribution is 2.31. The molecule has 1 aliphatic rings. The molecule has 6 heteroatoms. The van der Waals surface area contributed by atoms with Crippen LogP contribution in [0.15, 0.2) is 21.2 Å². The molecule has 0 aromatic carbocycles. The van der Waals surface area contributed by atoms with Crippen molar-refractivity contribution in [2.24, 2.45) is 0 Å². The first-order chi connectivity index (χ1) is 6.54. The molecule has 0 aromatic heterocycles. The smallest absolute Gasteiger partial charge is 0.212 e.